The minimum Gasteiger partial charge on any atom is -0.415 e. The van der Waals surface area contributed by atoms with Crippen molar-refractivity contribution in [2.24, 2.45) is 0 Å². The smallest absolute Gasteiger partial charge is 0.277 e. The van der Waals surface area contributed by atoms with Crippen LogP contribution in [0.4, 0.5) is 5.00 Å². The van der Waals surface area contributed by atoms with Gasteiger partial charge in [0, 0.05) is 16.8 Å². The van der Waals surface area contributed by atoms with Crippen LogP contribution in [0.25, 0.3) is 0 Å². The van der Waals surface area contributed by atoms with Gasteiger partial charge in [0.2, 0.25) is 11.8 Å². The van der Waals surface area contributed by atoms with E-state index in [0.717, 1.165) is 36.8 Å². The highest BCUT2D eigenvalue weighted by Crippen LogP contribution is 2.38. The first-order valence-corrected chi connectivity index (χ1v) is 12.8. The van der Waals surface area contributed by atoms with Crippen LogP contribution in [0.2, 0.25) is 0 Å². The predicted molar refractivity (Wildman–Crippen MR) is 131 cm³/mol. The maximum atomic E-state index is 13.1. The lowest BCUT2D eigenvalue weighted by Gasteiger charge is -2.13. The molecule has 1 aliphatic carbocycles. The van der Waals surface area contributed by atoms with Gasteiger partial charge >= 0.3 is 0 Å². The third-order valence-corrected chi connectivity index (χ3v) is 7.35. The number of fused-ring (bicyclic) bond motifs is 1. The number of benzene rings is 1. The van der Waals surface area contributed by atoms with Gasteiger partial charge in [-0.3, -0.25) is 9.59 Å². The summed E-state index contributed by atoms with van der Waals surface area (Å²) in [5.74, 6) is 0.312. The van der Waals surface area contributed by atoms with Crippen LogP contribution in [0.1, 0.15) is 65.9 Å². The maximum Gasteiger partial charge on any atom is 0.277 e. The highest BCUT2D eigenvalue weighted by molar-refractivity contribution is 7.99. The molecule has 1 aliphatic rings. The van der Waals surface area contributed by atoms with Gasteiger partial charge in [-0.05, 0) is 36.8 Å². The van der Waals surface area contributed by atoms with E-state index < -0.39 is 0 Å². The van der Waals surface area contributed by atoms with Crippen LogP contribution in [-0.4, -0.2) is 27.8 Å². The predicted octanol–water partition coefficient (Wildman–Crippen LogP) is 4.97. The number of aromatic nitrogens is 2. The van der Waals surface area contributed by atoms with Gasteiger partial charge in [-0.15, -0.1) is 21.5 Å². The molecule has 9 heteroatoms. The molecule has 0 radical (unpaired) electrons. The molecular formula is C24H28N4O3S2. The number of rotatable bonds is 7. The standard InChI is InChI=1S/C24H28N4O3S2/c1-24(2,3)22-27-28-23(31-22)32-14-18(29)26-21-19(16-11-7-8-12-17(16)33-21)20(30)25-13-15-9-5-4-6-10-15/h4-6,9-10H,7-8,11-14H2,1-3H3,(H,25,30)(H,26,29). The first kappa shape index (κ1) is 23.5. The molecule has 0 saturated heterocycles. The average molecular weight is 485 g/mol. The molecule has 174 valence electrons. The van der Waals surface area contributed by atoms with Crippen LogP contribution in [0.5, 0.6) is 0 Å². The van der Waals surface area contributed by atoms with E-state index in [1.165, 1.54) is 28.0 Å². The Morgan fingerprint density at radius 2 is 1.88 bits per heavy atom. The van der Waals surface area contributed by atoms with Gasteiger partial charge in [-0.2, -0.15) is 0 Å². The quantitative estimate of drug-likeness (QED) is 0.460. The van der Waals surface area contributed by atoms with Crippen molar-refractivity contribution in [1.82, 2.24) is 15.5 Å². The van der Waals surface area contributed by atoms with Crippen LogP contribution < -0.4 is 10.6 Å². The van der Waals surface area contributed by atoms with Gasteiger partial charge in [0.15, 0.2) is 0 Å². The Hall–Kier alpha value is -2.65. The average Bonchev–Trinajstić information content (AvgIpc) is 3.41. The second kappa shape index (κ2) is 10.1. The first-order valence-electron chi connectivity index (χ1n) is 11.0. The zero-order chi connectivity index (χ0) is 23.4. The number of anilines is 1. The summed E-state index contributed by atoms with van der Waals surface area (Å²) in [6.07, 6.45) is 3.97. The molecule has 2 aromatic heterocycles. The molecule has 0 atom stereocenters. The van der Waals surface area contributed by atoms with E-state index in [2.05, 4.69) is 20.8 Å². The Morgan fingerprint density at radius 3 is 2.61 bits per heavy atom. The van der Waals surface area contributed by atoms with Gasteiger partial charge in [-0.25, -0.2) is 0 Å². The number of nitrogens with one attached hydrogen (secondary N) is 2. The third-order valence-electron chi connectivity index (χ3n) is 5.32. The van der Waals surface area contributed by atoms with Crippen LogP contribution in [0.3, 0.4) is 0 Å². The minimum atomic E-state index is -0.244. The van der Waals surface area contributed by atoms with Crippen molar-refractivity contribution in [2.75, 3.05) is 11.1 Å². The number of hydrogen-bond donors (Lipinski definition) is 2. The lowest BCUT2D eigenvalue weighted by Crippen LogP contribution is -2.25. The second-order valence-electron chi connectivity index (χ2n) is 9.04. The van der Waals surface area contributed by atoms with Crippen molar-refractivity contribution in [2.45, 2.75) is 63.6 Å². The van der Waals surface area contributed by atoms with Gasteiger partial charge in [0.1, 0.15) is 5.00 Å². The van der Waals surface area contributed by atoms with Gasteiger partial charge in [-0.1, -0.05) is 62.9 Å². The van der Waals surface area contributed by atoms with Crippen LogP contribution >= 0.6 is 23.1 Å². The van der Waals surface area contributed by atoms with Crippen molar-refractivity contribution in [3.8, 4) is 0 Å². The summed E-state index contributed by atoms with van der Waals surface area (Å²) in [5, 5.41) is 15.0. The zero-order valence-electron chi connectivity index (χ0n) is 19.1. The molecule has 7 nitrogen and oxygen atoms in total. The SMILES string of the molecule is CC(C)(C)c1nnc(SCC(=O)Nc2sc3c(c2C(=O)NCc2ccccc2)CCCC3)o1. The number of thiophene rings is 1. The number of aryl methyl sites for hydroxylation is 1. The van der Waals surface area contributed by atoms with E-state index in [-0.39, 0.29) is 23.0 Å². The van der Waals surface area contributed by atoms with E-state index in [0.29, 0.717) is 28.2 Å². The molecule has 4 rings (SSSR count). The topological polar surface area (TPSA) is 97.1 Å². The lowest BCUT2D eigenvalue weighted by atomic mass is 9.95. The third kappa shape index (κ3) is 5.83. The monoisotopic (exact) mass is 484 g/mol. The summed E-state index contributed by atoms with van der Waals surface area (Å²) in [5.41, 5.74) is 2.47. The summed E-state index contributed by atoms with van der Waals surface area (Å²) >= 11 is 2.71. The fourth-order valence-corrected chi connectivity index (χ4v) is 5.49. The summed E-state index contributed by atoms with van der Waals surface area (Å²) < 4.78 is 5.65. The van der Waals surface area contributed by atoms with Crippen LogP contribution in [0.15, 0.2) is 40.0 Å². The first-order chi connectivity index (χ1) is 15.8. The Morgan fingerprint density at radius 1 is 1.12 bits per heavy atom. The molecular weight excluding hydrogens is 456 g/mol. The molecule has 0 fully saturated rings. The highest BCUT2D eigenvalue weighted by Gasteiger charge is 2.27. The number of amides is 2. The number of nitrogens with zero attached hydrogens (tertiary/aromatic N) is 2. The van der Waals surface area contributed by atoms with Crippen molar-refractivity contribution in [3.05, 3.63) is 57.8 Å². The number of carbonyl (C=O) groups excluding carboxylic acids is 2. The van der Waals surface area contributed by atoms with Crippen molar-refractivity contribution >= 4 is 39.9 Å². The van der Waals surface area contributed by atoms with E-state index in [9.17, 15) is 9.59 Å². The normalized spacial score (nSPS) is 13.4. The number of carbonyl (C=O) groups is 2. The Bertz CT molecular complexity index is 1130. The van der Waals surface area contributed by atoms with Crippen LogP contribution in [0, 0.1) is 0 Å². The number of hydrogen-bond acceptors (Lipinski definition) is 7. The van der Waals surface area contributed by atoms with E-state index >= 15 is 0 Å². The van der Waals surface area contributed by atoms with Crippen molar-refractivity contribution < 1.29 is 14.0 Å². The molecule has 2 heterocycles. The Kier molecular flexibility index (Phi) is 7.19. The summed E-state index contributed by atoms with van der Waals surface area (Å²) in [6.45, 7) is 6.42. The highest BCUT2D eigenvalue weighted by atomic mass is 32.2. The molecule has 0 spiro atoms. The van der Waals surface area contributed by atoms with Gasteiger partial charge < -0.3 is 15.1 Å². The summed E-state index contributed by atoms with van der Waals surface area (Å²) in [4.78, 5) is 27.0. The molecule has 0 bridgehead atoms. The Balaban J connectivity index is 1.44. The number of thioether (sulfide) groups is 1. The lowest BCUT2D eigenvalue weighted by molar-refractivity contribution is -0.113. The van der Waals surface area contributed by atoms with Crippen LogP contribution in [-0.2, 0) is 29.6 Å². The zero-order valence-corrected chi connectivity index (χ0v) is 20.7. The molecule has 0 aliphatic heterocycles. The molecule has 2 N–H and O–H groups in total. The fraction of sp³-hybridized carbons (Fsp3) is 0.417. The molecule has 2 amide bonds. The summed E-state index contributed by atoms with van der Waals surface area (Å²) in [7, 11) is 0. The van der Waals surface area contributed by atoms with Gasteiger partial charge in [0.05, 0.1) is 11.3 Å². The van der Waals surface area contributed by atoms with Gasteiger partial charge in [0.25, 0.3) is 11.1 Å². The minimum absolute atomic E-state index is 0.124. The van der Waals surface area contributed by atoms with E-state index in [1.807, 2.05) is 51.1 Å². The van der Waals surface area contributed by atoms with Crippen molar-refractivity contribution in [1.29, 1.82) is 0 Å². The molecule has 33 heavy (non-hydrogen) atoms. The molecule has 3 aromatic rings. The van der Waals surface area contributed by atoms with Crippen molar-refractivity contribution in [3.63, 3.8) is 0 Å². The Labute approximate surface area is 201 Å². The summed E-state index contributed by atoms with van der Waals surface area (Å²) in [6, 6.07) is 9.80. The molecule has 1 aromatic carbocycles. The van der Waals surface area contributed by atoms with E-state index in [4.69, 9.17) is 4.42 Å². The van der Waals surface area contributed by atoms with E-state index in [1.54, 1.807) is 0 Å². The molecule has 0 saturated carbocycles. The maximum absolute atomic E-state index is 13.1. The fourth-order valence-electron chi connectivity index (χ4n) is 3.62. The largest absolute Gasteiger partial charge is 0.415 e. The molecule has 0 unspecified atom stereocenters. The second-order valence-corrected chi connectivity index (χ2v) is 11.1.